The van der Waals surface area contributed by atoms with Gasteiger partial charge < -0.3 is 14.9 Å². The van der Waals surface area contributed by atoms with Crippen LogP contribution in [0.2, 0.25) is 0 Å². The molecule has 0 amide bonds. The maximum Gasteiger partial charge on any atom is 0.490 e. The van der Waals surface area contributed by atoms with Gasteiger partial charge in [0.15, 0.2) is 5.69 Å². The summed E-state index contributed by atoms with van der Waals surface area (Å²) in [5.41, 5.74) is 0.750. The summed E-state index contributed by atoms with van der Waals surface area (Å²) >= 11 is 0.859. The average molecular weight is 694 g/mol. The van der Waals surface area contributed by atoms with Gasteiger partial charge >= 0.3 is 18.3 Å². The molecule has 0 aliphatic rings. The Morgan fingerprint density at radius 2 is 1.70 bits per heavy atom. The van der Waals surface area contributed by atoms with Gasteiger partial charge in [-0.15, -0.1) is 11.3 Å². The number of alkyl halides is 6. The number of ketones is 1. The topological polar surface area (TPSA) is 147 Å². The zero-order chi connectivity index (χ0) is 34.3. The number of benzene rings is 1. The highest BCUT2D eigenvalue weighted by atomic mass is 32.2. The molecule has 0 bridgehead atoms. The molecule has 1 atom stereocenters. The number of unbranched alkanes of at least 4 members (excludes halogenated alkanes) is 2. The van der Waals surface area contributed by atoms with Crippen LogP contribution in [0, 0.1) is 0 Å². The first-order valence-corrected chi connectivity index (χ1v) is 15.8. The third-order valence-corrected chi connectivity index (χ3v) is 9.41. The van der Waals surface area contributed by atoms with Crippen molar-refractivity contribution in [1.82, 2.24) is 24.5 Å². The van der Waals surface area contributed by atoms with Crippen LogP contribution in [0.5, 0.6) is 0 Å². The Hall–Kier alpha value is -4.03. The van der Waals surface area contributed by atoms with E-state index in [0.717, 1.165) is 39.8 Å². The molecule has 3 heterocycles. The van der Waals surface area contributed by atoms with E-state index in [0.29, 0.717) is 36.4 Å². The predicted molar refractivity (Wildman–Crippen MR) is 156 cm³/mol. The number of aromatic nitrogens is 4. The van der Waals surface area contributed by atoms with Crippen LogP contribution in [-0.2, 0) is 32.8 Å². The Morgan fingerprint density at radius 1 is 1.04 bits per heavy atom. The molecule has 0 radical (unpaired) electrons. The van der Waals surface area contributed by atoms with E-state index < -0.39 is 40.1 Å². The number of aryl methyl sites for hydroxylation is 1. The molecule has 0 saturated carbocycles. The molecule has 4 rings (SSSR count). The SMILES string of the molecule is CC(=O)CCCCC[C@H](NS(=O)(=O)c1ccc(-c2cc(C(F)(F)F)nn2C)s1)c1ncc(-c2ccccc2)[nH]1.O=C(O)C(F)(F)F. The second-order valence-electron chi connectivity index (χ2n) is 9.98. The van der Waals surface area contributed by atoms with E-state index in [1.807, 2.05) is 30.3 Å². The lowest BCUT2D eigenvalue weighted by atomic mass is 10.1. The van der Waals surface area contributed by atoms with Gasteiger partial charge in [0.05, 0.1) is 28.5 Å². The van der Waals surface area contributed by atoms with E-state index >= 15 is 0 Å². The van der Waals surface area contributed by atoms with Crippen molar-refractivity contribution < 1.29 is 49.5 Å². The van der Waals surface area contributed by atoms with Gasteiger partial charge in [0.2, 0.25) is 0 Å². The first kappa shape index (κ1) is 36.4. The standard InChI is InChI=1S/C26H28F3N5O3S2.C2HF3O2/c1-17(35)9-5-3-8-12-19(25-30-16-20(31-25)18-10-6-4-7-11-18)33-39(36,37)24-14-13-22(38-24)21-15-23(26(27,28)29)32-34(21)2;3-2(4,5)1(6)7/h4,6-7,10-11,13-16,19,33H,3,5,8-9,12H2,1-2H3,(H,30,31);(H,6,7)/t19-;/m0./s1. The van der Waals surface area contributed by atoms with E-state index in [2.05, 4.69) is 19.8 Å². The van der Waals surface area contributed by atoms with Crippen molar-refractivity contribution in [3.8, 4) is 21.8 Å². The Morgan fingerprint density at radius 3 is 2.26 bits per heavy atom. The normalized spacial score (nSPS) is 12.8. The second-order valence-corrected chi connectivity index (χ2v) is 13.0. The fourth-order valence-electron chi connectivity index (χ4n) is 4.11. The fraction of sp³-hybridized carbons (Fsp3) is 0.357. The minimum absolute atomic E-state index is 0.0383. The number of nitrogens with zero attached hydrogens (tertiary/aromatic N) is 3. The number of thiophene rings is 1. The Balaban J connectivity index is 0.000000738. The van der Waals surface area contributed by atoms with Gasteiger partial charge in [-0.05, 0) is 43.5 Å². The lowest BCUT2D eigenvalue weighted by Crippen LogP contribution is -2.29. The molecule has 0 aliphatic heterocycles. The van der Waals surface area contributed by atoms with Crippen molar-refractivity contribution in [3.63, 3.8) is 0 Å². The van der Waals surface area contributed by atoms with Crippen LogP contribution in [0.3, 0.4) is 0 Å². The number of sulfonamides is 1. The smallest absolute Gasteiger partial charge is 0.475 e. The van der Waals surface area contributed by atoms with Crippen molar-refractivity contribution >= 4 is 33.1 Å². The first-order valence-electron chi connectivity index (χ1n) is 13.5. The lowest BCUT2D eigenvalue weighted by molar-refractivity contribution is -0.192. The molecule has 1 aromatic carbocycles. The molecule has 0 fully saturated rings. The third kappa shape index (κ3) is 10.2. The lowest BCUT2D eigenvalue weighted by Gasteiger charge is -2.16. The minimum atomic E-state index is -5.08. The van der Waals surface area contributed by atoms with Crippen LogP contribution in [0.15, 0.2) is 58.9 Å². The van der Waals surface area contributed by atoms with Gasteiger partial charge in [0, 0.05) is 13.5 Å². The zero-order valence-corrected chi connectivity index (χ0v) is 25.9. The molecule has 0 saturated heterocycles. The number of carboxylic acids is 1. The fourth-order valence-corrected chi connectivity index (χ4v) is 6.72. The van der Waals surface area contributed by atoms with Crippen LogP contribution in [-0.4, -0.2) is 51.2 Å². The van der Waals surface area contributed by atoms with Crippen LogP contribution < -0.4 is 4.72 Å². The van der Waals surface area contributed by atoms with Gasteiger partial charge in [-0.25, -0.2) is 18.2 Å². The number of nitrogens with one attached hydrogen (secondary N) is 2. The van der Waals surface area contributed by atoms with Gasteiger partial charge in [0.1, 0.15) is 15.8 Å². The number of H-pyrrole nitrogens is 1. The van der Waals surface area contributed by atoms with E-state index in [9.17, 15) is 39.6 Å². The molecule has 0 spiro atoms. The summed E-state index contributed by atoms with van der Waals surface area (Å²) < 4.78 is 102. The van der Waals surface area contributed by atoms with Crippen LogP contribution in [0.25, 0.3) is 21.8 Å². The summed E-state index contributed by atoms with van der Waals surface area (Å²) in [6.45, 7) is 1.54. The number of aliphatic carboxylic acids is 1. The van der Waals surface area contributed by atoms with Gasteiger partial charge in [0.25, 0.3) is 10.0 Å². The van der Waals surface area contributed by atoms with Crippen LogP contribution in [0.4, 0.5) is 26.3 Å². The number of rotatable bonds is 12. The molecular formula is C28H29F6N5O5S2. The monoisotopic (exact) mass is 693 g/mol. The molecule has 46 heavy (non-hydrogen) atoms. The number of carbonyl (C=O) groups excluding carboxylic acids is 1. The summed E-state index contributed by atoms with van der Waals surface area (Å²) in [6, 6.07) is 12.5. The van der Waals surface area contributed by atoms with Gasteiger partial charge in [-0.3, -0.25) is 4.68 Å². The molecule has 250 valence electrons. The number of Topliss-reactive ketones (excluding diaryl/α,β-unsaturated/α-hetero) is 1. The average Bonchev–Trinajstić information content (AvgIpc) is 3.72. The maximum absolute atomic E-state index is 13.4. The molecule has 3 N–H and O–H groups in total. The molecule has 0 unspecified atom stereocenters. The van der Waals surface area contributed by atoms with E-state index in [4.69, 9.17) is 9.90 Å². The minimum Gasteiger partial charge on any atom is -0.475 e. The highest BCUT2D eigenvalue weighted by Crippen LogP contribution is 2.36. The third-order valence-electron chi connectivity index (χ3n) is 6.34. The summed E-state index contributed by atoms with van der Waals surface area (Å²) in [6.07, 6.45) is -5.02. The summed E-state index contributed by atoms with van der Waals surface area (Å²) in [7, 11) is -2.66. The quantitative estimate of drug-likeness (QED) is 0.110. The number of hydrogen-bond acceptors (Lipinski definition) is 7. The summed E-state index contributed by atoms with van der Waals surface area (Å²) in [5, 5.41) is 10.6. The Kier molecular flexibility index (Phi) is 11.9. The molecule has 4 aromatic rings. The number of imidazole rings is 1. The number of hydrogen-bond donors (Lipinski definition) is 3. The van der Waals surface area contributed by atoms with E-state index in [-0.39, 0.29) is 15.7 Å². The molecule has 18 heteroatoms. The van der Waals surface area contributed by atoms with Gasteiger partial charge in [-0.1, -0.05) is 43.2 Å². The molecule has 10 nitrogen and oxygen atoms in total. The van der Waals surface area contributed by atoms with Crippen LogP contribution in [0.1, 0.15) is 56.6 Å². The molecule has 0 aliphatic carbocycles. The number of carbonyl (C=O) groups is 2. The second kappa shape index (κ2) is 15.0. The zero-order valence-electron chi connectivity index (χ0n) is 24.3. The Bertz CT molecular complexity index is 1730. The van der Waals surface area contributed by atoms with Crippen molar-refractivity contribution in [2.24, 2.45) is 7.05 Å². The first-order chi connectivity index (χ1) is 21.4. The predicted octanol–water partition coefficient (Wildman–Crippen LogP) is 6.75. The Labute approximate surface area is 263 Å². The van der Waals surface area contributed by atoms with Crippen molar-refractivity contribution in [1.29, 1.82) is 0 Å². The van der Waals surface area contributed by atoms with Crippen molar-refractivity contribution in [2.45, 2.75) is 61.6 Å². The van der Waals surface area contributed by atoms with Crippen molar-refractivity contribution in [3.05, 3.63) is 66.2 Å². The van der Waals surface area contributed by atoms with E-state index in [1.54, 1.807) is 6.20 Å². The maximum atomic E-state index is 13.4. The molecule has 3 aromatic heterocycles. The largest absolute Gasteiger partial charge is 0.490 e. The van der Waals surface area contributed by atoms with Crippen LogP contribution >= 0.6 is 11.3 Å². The summed E-state index contributed by atoms with van der Waals surface area (Å²) in [4.78, 5) is 28.1. The summed E-state index contributed by atoms with van der Waals surface area (Å²) in [5.74, 6) is -2.20. The highest BCUT2D eigenvalue weighted by Gasteiger charge is 2.38. The number of aromatic amines is 1. The van der Waals surface area contributed by atoms with Gasteiger partial charge in [-0.2, -0.15) is 36.2 Å². The van der Waals surface area contributed by atoms with Crippen molar-refractivity contribution in [2.75, 3.05) is 0 Å². The number of halogens is 6. The highest BCUT2D eigenvalue weighted by molar-refractivity contribution is 7.91. The molecular weight excluding hydrogens is 664 g/mol. The van der Waals surface area contributed by atoms with E-state index in [1.165, 1.54) is 26.1 Å². The number of carboxylic acid groups (broad SMARTS) is 1.